The molecule has 0 radical (unpaired) electrons. The first-order valence-corrected chi connectivity index (χ1v) is 8.77. The van der Waals surface area contributed by atoms with Crippen LogP contribution in [0.3, 0.4) is 0 Å². The van der Waals surface area contributed by atoms with E-state index in [1.807, 2.05) is 0 Å². The number of anilines is 1. The number of rotatable bonds is 4. The van der Waals surface area contributed by atoms with E-state index in [9.17, 15) is 28.3 Å². The molecule has 1 unspecified atom stereocenters. The fraction of sp³-hybridized carbons (Fsp3) is 0.211. The van der Waals surface area contributed by atoms with Crippen molar-refractivity contribution >= 4 is 28.3 Å². The van der Waals surface area contributed by atoms with E-state index in [2.05, 4.69) is 10.3 Å². The van der Waals surface area contributed by atoms with Crippen molar-refractivity contribution in [2.45, 2.75) is 19.2 Å². The van der Waals surface area contributed by atoms with Crippen molar-refractivity contribution in [3.8, 4) is 11.8 Å². The Morgan fingerprint density at radius 1 is 1.31 bits per heavy atom. The Hall–Kier alpha value is -3.09. The Morgan fingerprint density at radius 3 is 2.59 bits per heavy atom. The van der Waals surface area contributed by atoms with E-state index >= 15 is 0 Å². The number of hydrogen-bond donors (Lipinski definition) is 2. The van der Waals surface area contributed by atoms with Crippen LogP contribution in [0.5, 0.6) is 0 Å². The lowest BCUT2D eigenvalue weighted by Crippen LogP contribution is -2.26. The van der Waals surface area contributed by atoms with Gasteiger partial charge in [-0.15, -0.1) is 0 Å². The van der Waals surface area contributed by atoms with E-state index in [0.717, 1.165) is 16.7 Å². The molecule has 0 saturated carbocycles. The second kappa shape index (κ2) is 7.73. The molecule has 0 amide bonds. The maximum Gasteiger partial charge on any atom is 0.433 e. The molecule has 0 aliphatic carbocycles. The number of aliphatic hydroxyl groups is 1. The summed E-state index contributed by atoms with van der Waals surface area (Å²) in [4.78, 5) is 16.7. The number of benzene rings is 1. The summed E-state index contributed by atoms with van der Waals surface area (Å²) in [6.07, 6.45) is -5.57. The van der Waals surface area contributed by atoms with Gasteiger partial charge in [-0.3, -0.25) is 9.36 Å². The fourth-order valence-corrected chi connectivity index (χ4v) is 3.04. The SMILES string of the molecule is CC(O)CNc1c(C#N)c(=O)n(-c2ccccc2Cl)c2nc(C(F)(F)F)ccc12. The minimum Gasteiger partial charge on any atom is -0.392 e. The van der Waals surface area contributed by atoms with Gasteiger partial charge in [0.1, 0.15) is 23.0 Å². The summed E-state index contributed by atoms with van der Waals surface area (Å²) in [5, 5.41) is 22.0. The number of aromatic nitrogens is 2. The molecule has 0 spiro atoms. The number of hydrogen-bond acceptors (Lipinski definition) is 5. The quantitative estimate of drug-likeness (QED) is 0.668. The number of halogens is 4. The van der Waals surface area contributed by atoms with Crippen molar-refractivity contribution in [1.29, 1.82) is 5.26 Å². The van der Waals surface area contributed by atoms with Crippen molar-refractivity contribution in [3.05, 3.63) is 63.0 Å². The smallest absolute Gasteiger partial charge is 0.392 e. The summed E-state index contributed by atoms with van der Waals surface area (Å²) in [6, 6.07) is 9.73. The Balaban J connectivity index is 2.47. The van der Waals surface area contributed by atoms with E-state index in [4.69, 9.17) is 11.6 Å². The van der Waals surface area contributed by atoms with Gasteiger partial charge in [0.25, 0.3) is 5.56 Å². The topological polar surface area (TPSA) is 90.9 Å². The molecule has 0 fully saturated rings. The van der Waals surface area contributed by atoms with E-state index in [-0.39, 0.29) is 39.5 Å². The first kappa shape index (κ1) is 20.6. The van der Waals surface area contributed by atoms with Crippen molar-refractivity contribution in [3.63, 3.8) is 0 Å². The van der Waals surface area contributed by atoms with Crippen LogP contribution in [-0.4, -0.2) is 27.3 Å². The highest BCUT2D eigenvalue weighted by molar-refractivity contribution is 6.32. The average Bonchev–Trinajstić information content (AvgIpc) is 2.65. The molecule has 0 aliphatic heterocycles. The third-order valence-corrected chi connectivity index (χ3v) is 4.41. The number of aliphatic hydroxyl groups excluding tert-OH is 1. The third kappa shape index (κ3) is 3.90. The van der Waals surface area contributed by atoms with Crippen LogP contribution in [0.25, 0.3) is 16.7 Å². The normalized spacial score (nSPS) is 12.6. The number of alkyl halides is 3. The highest BCUT2D eigenvalue weighted by atomic mass is 35.5. The number of nitriles is 1. The minimum absolute atomic E-state index is 0.00192. The maximum absolute atomic E-state index is 13.3. The van der Waals surface area contributed by atoms with Crippen molar-refractivity contribution < 1.29 is 18.3 Å². The van der Waals surface area contributed by atoms with Crippen LogP contribution in [0, 0.1) is 11.3 Å². The Bertz CT molecular complexity index is 1180. The van der Waals surface area contributed by atoms with Gasteiger partial charge in [-0.1, -0.05) is 23.7 Å². The Kier molecular flexibility index (Phi) is 5.50. The van der Waals surface area contributed by atoms with Gasteiger partial charge in [0.15, 0.2) is 0 Å². The zero-order valence-corrected chi connectivity index (χ0v) is 15.7. The van der Waals surface area contributed by atoms with Gasteiger partial charge < -0.3 is 10.4 Å². The molecule has 1 aromatic carbocycles. The second-order valence-electron chi connectivity index (χ2n) is 6.25. The molecule has 0 aliphatic rings. The lowest BCUT2D eigenvalue weighted by Gasteiger charge is -2.18. The number of pyridine rings is 2. The summed E-state index contributed by atoms with van der Waals surface area (Å²) in [5.74, 6) is 0. The molecule has 6 nitrogen and oxygen atoms in total. The van der Waals surface area contributed by atoms with Crippen LogP contribution in [-0.2, 0) is 6.18 Å². The number of para-hydroxylation sites is 1. The number of nitrogens with zero attached hydrogens (tertiary/aromatic N) is 3. The van der Waals surface area contributed by atoms with Crippen LogP contribution in [0.1, 0.15) is 18.2 Å². The van der Waals surface area contributed by atoms with E-state index in [1.165, 1.54) is 19.1 Å². The van der Waals surface area contributed by atoms with Gasteiger partial charge in [0.05, 0.1) is 22.5 Å². The van der Waals surface area contributed by atoms with Gasteiger partial charge in [-0.25, -0.2) is 4.98 Å². The summed E-state index contributed by atoms with van der Waals surface area (Å²) in [7, 11) is 0. The van der Waals surface area contributed by atoms with Crippen LogP contribution < -0.4 is 10.9 Å². The van der Waals surface area contributed by atoms with Crippen molar-refractivity contribution in [2.24, 2.45) is 0 Å². The molecule has 29 heavy (non-hydrogen) atoms. The van der Waals surface area contributed by atoms with Crippen LogP contribution >= 0.6 is 11.6 Å². The van der Waals surface area contributed by atoms with E-state index in [1.54, 1.807) is 18.2 Å². The van der Waals surface area contributed by atoms with Crippen LogP contribution in [0.4, 0.5) is 18.9 Å². The summed E-state index contributed by atoms with van der Waals surface area (Å²) >= 11 is 6.16. The zero-order valence-electron chi connectivity index (χ0n) is 15.0. The third-order valence-electron chi connectivity index (χ3n) is 4.09. The van der Waals surface area contributed by atoms with E-state index in [0.29, 0.717) is 0 Å². The monoisotopic (exact) mass is 422 g/mol. The molecule has 0 saturated heterocycles. The predicted molar refractivity (Wildman–Crippen MR) is 102 cm³/mol. The highest BCUT2D eigenvalue weighted by Gasteiger charge is 2.33. The van der Waals surface area contributed by atoms with Gasteiger partial charge in [0, 0.05) is 11.9 Å². The fourth-order valence-electron chi connectivity index (χ4n) is 2.82. The minimum atomic E-state index is -4.74. The second-order valence-corrected chi connectivity index (χ2v) is 6.66. The summed E-state index contributed by atoms with van der Waals surface area (Å²) in [6.45, 7) is 1.45. The first-order chi connectivity index (χ1) is 13.6. The summed E-state index contributed by atoms with van der Waals surface area (Å²) in [5.41, 5.74) is -2.64. The lowest BCUT2D eigenvalue weighted by atomic mass is 10.1. The molecule has 1 atom stereocenters. The number of nitrogens with one attached hydrogen (secondary N) is 1. The lowest BCUT2D eigenvalue weighted by molar-refractivity contribution is -0.141. The molecule has 0 bridgehead atoms. The standard InChI is InChI=1S/C19H14ClF3N4O2/c1-10(28)9-25-16-11-6-7-15(19(21,22)23)26-17(11)27(18(29)12(16)8-24)14-5-3-2-4-13(14)20/h2-7,10,25,28H,9H2,1H3. The predicted octanol–water partition coefficient (Wildman–Crippen LogP) is 3.72. The largest absolute Gasteiger partial charge is 0.433 e. The van der Waals surface area contributed by atoms with Gasteiger partial charge in [0.2, 0.25) is 0 Å². The average molecular weight is 423 g/mol. The van der Waals surface area contributed by atoms with Gasteiger partial charge in [-0.2, -0.15) is 18.4 Å². The Labute approximate surface area is 167 Å². The maximum atomic E-state index is 13.3. The van der Waals surface area contributed by atoms with Crippen LogP contribution in [0.15, 0.2) is 41.2 Å². The van der Waals surface area contributed by atoms with E-state index < -0.39 is 23.5 Å². The molecule has 3 aromatic rings. The van der Waals surface area contributed by atoms with Gasteiger partial charge in [-0.05, 0) is 31.2 Å². The molecule has 2 N–H and O–H groups in total. The molecule has 3 rings (SSSR count). The van der Waals surface area contributed by atoms with Crippen molar-refractivity contribution in [1.82, 2.24) is 9.55 Å². The molecular formula is C19H14ClF3N4O2. The molecule has 10 heteroatoms. The molecule has 2 aromatic heterocycles. The highest BCUT2D eigenvalue weighted by Crippen LogP contribution is 2.33. The van der Waals surface area contributed by atoms with Gasteiger partial charge >= 0.3 is 6.18 Å². The zero-order chi connectivity index (χ0) is 21.3. The first-order valence-electron chi connectivity index (χ1n) is 8.39. The van der Waals surface area contributed by atoms with Crippen LogP contribution in [0.2, 0.25) is 5.02 Å². The summed E-state index contributed by atoms with van der Waals surface area (Å²) < 4.78 is 40.6. The molecule has 2 heterocycles. The Morgan fingerprint density at radius 2 is 2.00 bits per heavy atom. The molecular weight excluding hydrogens is 409 g/mol. The number of fused-ring (bicyclic) bond motifs is 1. The van der Waals surface area contributed by atoms with Crippen molar-refractivity contribution in [2.75, 3.05) is 11.9 Å². The molecule has 150 valence electrons.